The third kappa shape index (κ3) is 2.92. The molecule has 23 heavy (non-hydrogen) atoms. The fourth-order valence-corrected chi connectivity index (χ4v) is 3.56. The van der Waals surface area contributed by atoms with Gasteiger partial charge in [0.1, 0.15) is 6.54 Å². The van der Waals surface area contributed by atoms with Crippen LogP contribution in [0.5, 0.6) is 0 Å². The Morgan fingerprint density at radius 3 is 2.52 bits per heavy atom. The van der Waals surface area contributed by atoms with Crippen molar-refractivity contribution in [1.29, 1.82) is 0 Å². The second kappa shape index (κ2) is 6.60. The largest absolute Gasteiger partial charge is 0.338 e. The van der Waals surface area contributed by atoms with E-state index in [2.05, 4.69) is 13.8 Å². The van der Waals surface area contributed by atoms with E-state index in [1.54, 1.807) is 9.13 Å². The second-order valence-electron chi connectivity index (χ2n) is 6.44. The normalized spacial score (nSPS) is 18.5. The van der Waals surface area contributed by atoms with Gasteiger partial charge < -0.3 is 4.90 Å². The molecule has 0 unspecified atom stereocenters. The van der Waals surface area contributed by atoms with Gasteiger partial charge in [0.15, 0.2) is 0 Å². The average Bonchev–Trinajstić information content (AvgIpc) is 2.81. The number of benzene rings is 1. The van der Waals surface area contributed by atoms with Crippen LogP contribution in [0.1, 0.15) is 39.5 Å². The van der Waals surface area contributed by atoms with Crippen LogP contribution in [0.4, 0.5) is 0 Å². The number of aromatic nitrogens is 2. The van der Waals surface area contributed by atoms with Gasteiger partial charge in [-0.2, -0.15) is 0 Å². The van der Waals surface area contributed by atoms with E-state index >= 15 is 0 Å². The zero-order chi connectivity index (χ0) is 16.4. The van der Waals surface area contributed by atoms with Gasteiger partial charge in [-0.15, -0.1) is 0 Å². The number of fused-ring (bicyclic) bond motifs is 1. The quantitative estimate of drug-likeness (QED) is 0.871. The highest BCUT2D eigenvalue weighted by Gasteiger charge is 2.24. The number of piperidine rings is 1. The molecule has 2 aromatic rings. The lowest BCUT2D eigenvalue weighted by Crippen LogP contribution is -2.44. The summed E-state index contributed by atoms with van der Waals surface area (Å²) in [6.07, 6.45) is 4.19. The smallest absolute Gasteiger partial charge is 0.329 e. The first-order chi connectivity index (χ1) is 11.1. The molecule has 2 heterocycles. The van der Waals surface area contributed by atoms with Gasteiger partial charge in [0.25, 0.3) is 0 Å². The molecule has 1 aliphatic rings. The van der Waals surface area contributed by atoms with E-state index in [0.29, 0.717) is 6.54 Å². The van der Waals surface area contributed by atoms with Gasteiger partial charge in [-0.3, -0.25) is 13.9 Å². The number of imidazole rings is 1. The van der Waals surface area contributed by atoms with Crippen LogP contribution >= 0.6 is 0 Å². The van der Waals surface area contributed by atoms with Crippen LogP contribution in [0.25, 0.3) is 11.0 Å². The molecule has 124 valence electrons. The highest BCUT2D eigenvalue weighted by Crippen LogP contribution is 2.18. The first kappa shape index (κ1) is 15.8. The molecule has 1 amide bonds. The van der Waals surface area contributed by atoms with Gasteiger partial charge in [0, 0.05) is 19.1 Å². The third-order valence-corrected chi connectivity index (χ3v) is 4.79. The summed E-state index contributed by atoms with van der Waals surface area (Å²) in [4.78, 5) is 27.4. The van der Waals surface area contributed by atoms with Crippen LogP contribution in [0.15, 0.2) is 29.1 Å². The van der Waals surface area contributed by atoms with Gasteiger partial charge in [-0.1, -0.05) is 19.1 Å². The molecule has 1 saturated heterocycles. The van der Waals surface area contributed by atoms with E-state index in [4.69, 9.17) is 0 Å². The Balaban J connectivity index is 1.95. The molecule has 5 nitrogen and oxygen atoms in total. The van der Waals surface area contributed by atoms with Crippen molar-refractivity contribution < 1.29 is 4.79 Å². The third-order valence-electron chi connectivity index (χ3n) is 4.79. The summed E-state index contributed by atoms with van der Waals surface area (Å²) in [5.74, 6) is 0.0544. The lowest BCUT2D eigenvalue weighted by molar-refractivity contribution is -0.135. The number of carbonyl (C=O) groups is 1. The molecule has 1 atom stereocenters. The van der Waals surface area contributed by atoms with Crippen molar-refractivity contribution in [3.8, 4) is 0 Å². The fourth-order valence-electron chi connectivity index (χ4n) is 3.56. The molecule has 1 aliphatic heterocycles. The lowest BCUT2D eigenvalue weighted by Gasteiger charge is -2.33. The van der Waals surface area contributed by atoms with E-state index in [-0.39, 0.29) is 24.2 Å². The van der Waals surface area contributed by atoms with E-state index in [1.165, 1.54) is 6.42 Å². The zero-order valence-corrected chi connectivity index (χ0v) is 14.0. The zero-order valence-electron chi connectivity index (χ0n) is 14.0. The maximum Gasteiger partial charge on any atom is 0.329 e. The minimum Gasteiger partial charge on any atom is -0.338 e. The number of para-hydroxylation sites is 2. The van der Waals surface area contributed by atoms with E-state index in [1.807, 2.05) is 29.2 Å². The topological polar surface area (TPSA) is 47.2 Å². The van der Waals surface area contributed by atoms with Gasteiger partial charge in [0.05, 0.1) is 11.0 Å². The summed E-state index contributed by atoms with van der Waals surface area (Å²) in [7, 11) is 0. The number of hydrogen-bond acceptors (Lipinski definition) is 2. The minimum atomic E-state index is -0.0777. The number of rotatable bonds is 4. The number of nitrogens with zero attached hydrogens (tertiary/aromatic N) is 3. The van der Waals surface area contributed by atoms with Gasteiger partial charge in [-0.05, 0) is 44.7 Å². The summed E-state index contributed by atoms with van der Waals surface area (Å²) in [6, 6.07) is 8.01. The van der Waals surface area contributed by atoms with Crippen LogP contribution in [0.2, 0.25) is 0 Å². The van der Waals surface area contributed by atoms with Gasteiger partial charge in [0.2, 0.25) is 5.91 Å². The number of amides is 1. The standard InChI is InChI=1S/C18H25N3O2/c1-3-11-20-15-9-4-5-10-16(15)21(18(20)23)13-17(22)19-12-7-6-8-14(19)2/h4-5,9-10,14H,3,6-8,11-13H2,1-2H3/t14-/m0/s1. The van der Waals surface area contributed by atoms with E-state index in [0.717, 1.165) is 36.8 Å². The number of hydrogen-bond donors (Lipinski definition) is 0. The van der Waals surface area contributed by atoms with E-state index < -0.39 is 0 Å². The minimum absolute atomic E-state index is 0.0544. The Bertz CT molecular complexity index is 759. The van der Waals surface area contributed by atoms with Crippen molar-refractivity contribution in [2.24, 2.45) is 0 Å². The molecule has 0 N–H and O–H groups in total. The molecule has 1 aromatic carbocycles. The Morgan fingerprint density at radius 2 is 1.87 bits per heavy atom. The highest BCUT2D eigenvalue weighted by molar-refractivity contribution is 5.81. The van der Waals surface area contributed by atoms with Crippen LogP contribution in [-0.4, -0.2) is 32.5 Å². The van der Waals surface area contributed by atoms with Crippen molar-refractivity contribution in [3.05, 3.63) is 34.7 Å². The SMILES string of the molecule is CCCn1c(=O)n(CC(=O)N2CCCC[C@@H]2C)c2ccccc21. The first-order valence-electron chi connectivity index (χ1n) is 8.61. The van der Waals surface area contributed by atoms with Crippen molar-refractivity contribution in [2.75, 3.05) is 6.54 Å². The molecular formula is C18H25N3O2. The summed E-state index contributed by atoms with van der Waals surface area (Å²) in [5.41, 5.74) is 1.69. The van der Waals surface area contributed by atoms with Crippen molar-refractivity contribution >= 4 is 16.9 Å². The molecule has 0 saturated carbocycles. The highest BCUT2D eigenvalue weighted by atomic mass is 16.2. The molecule has 0 aliphatic carbocycles. The molecule has 0 radical (unpaired) electrons. The Kier molecular flexibility index (Phi) is 4.55. The number of aryl methyl sites for hydroxylation is 1. The Morgan fingerprint density at radius 1 is 1.17 bits per heavy atom. The number of carbonyl (C=O) groups excluding carboxylic acids is 1. The summed E-state index contributed by atoms with van der Waals surface area (Å²) < 4.78 is 3.41. The molecule has 5 heteroatoms. The molecule has 1 fully saturated rings. The summed E-state index contributed by atoms with van der Waals surface area (Å²) in [5, 5.41) is 0. The van der Waals surface area contributed by atoms with Crippen molar-refractivity contribution in [3.63, 3.8) is 0 Å². The first-order valence-corrected chi connectivity index (χ1v) is 8.61. The van der Waals surface area contributed by atoms with Gasteiger partial charge >= 0.3 is 5.69 Å². The average molecular weight is 315 g/mol. The Labute approximate surface area is 136 Å². The molecular weight excluding hydrogens is 290 g/mol. The maximum absolute atomic E-state index is 12.7. The van der Waals surface area contributed by atoms with Crippen molar-refractivity contribution in [2.45, 2.75) is 58.7 Å². The Hall–Kier alpha value is -2.04. The second-order valence-corrected chi connectivity index (χ2v) is 6.44. The molecule has 0 spiro atoms. The number of likely N-dealkylation sites (tertiary alicyclic amines) is 1. The monoisotopic (exact) mass is 315 g/mol. The predicted molar refractivity (Wildman–Crippen MR) is 91.5 cm³/mol. The fraction of sp³-hybridized carbons (Fsp3) is 0.556. The molecule has 3 rings (SSSR count). The van der Waals surface area contributed by atoms with Crippen LogP contribution in [0.3, 0.4) is 0 Å². The maximum atomic E-state index is 12.7. The molecule has 1 aromatic heterocycles. The molecule has 0 bridgehead atoms. The van der Waals surface area contributed by atoms with Crippen molar-refractivity contribution in [1.82, 2.24) is 14.0 Å². The summed E-state index contributed by atoms with van der Waals surface area (Å²) in [6.45, 7) is 5.78. The van der Waals surface area contributed by atoms with E-state index in [9.17, 15) is 9.59 Å². The van der Waals surface area contributed by atoms with Crippen LogP contribution < -0.4 is 5.69 Å². The lowest BCUT2D eigenvalue weighted by atomic mass is 10.0. The predicted octanol–water partition coefficient (Wildman–Crippen LogP) is 2.61. The van der Waals surface area contributed by atoms with Crippen LogP contribution in [0, 0.1) is 0 Å². The van der Waals surface area contributed by atoms with Crippen LogP contribution in [-0.2, 0) is 17.9 Å². The van der Waals surface area contributed by atoms with Gasteiger partial charge in [-0.25, -0.2) is 4.79 Å². The summed E-state index contributed by atoms with van der Waals surface area (Å²) >= 11 is 0.